The fourth-order valence-electron chi connectivity index (χ4n) is 2.33. The van der Waals surface area contributed by atoms with Gasteiger partial charge in [-0.15, -0.1) is 0 Å². The van der Waals surface area contributed by atoms with Crippen LogP contribution in [0.5, 0.6) is 0 Å². The number of likely N-dealkylation sites (tertiary alicyclic amines) is 1. The Bertz CT molecular complexity index is 410. The van der Waals surface area contributed by atoms with E-state index in [0.717, 1.165) is 6.42 Å². The monoisotopic (exact) mass is 263 g/mol. The molecule has 2 heterocycles. The standard InChI is InChI=1S/C9H17N3O4S/c10-6-1-2-12(5-6)9(13)8-3-7(4-11-8)17(14,15)16/h6-8,11H,1-5,10H2,(H,14,15,16)/t6?,7-,8-/m0/s1. The van der Waals surface area contributed by atoms with Crippen LogP contribution in [0.25, 0.3) is 0 Å². The normalized spacial score (nSPS) is 34.2. The molecule has 0 spiro atoms. The van der Waals surface area contributed by atoms with Crippen molar-refractivity contribution in [3.8, 4) is 0 Å². The fourth-order valence-corrected chi connectivity index (χ4v) is 3.07. The molecule has 2 aliphatic rings. The van der Waals surface area contributed by atoms with Crippen molar-refractivity contribution >= 4 is 16.0 Å². The molecule has 0 aromatic carbocycles. The average Bonchev–Trinajstić information content (AvgIpc) is 2.83. The summed E-state index contributed by atoms with van der Waals surface area (Å²) in [6, 6.07) is -0.509. The number of carbonyl (C=O) groups is 1. The molecule has 0 saturated carbocycles. The van der Waals surface area contributed by atoms with Crippen LogP contribution in [-0.2, 0) is 14.9 Å². The summed E-state index contributed by atoms with van der Waals surface area (Å²) in [4.78, 5) is 13.6. The zero-order valence-corrected chi connectivity index (χ0v) is 10.2. The van der Waals surface area contributed by atoms with Crippen LogP contribution in [0.1, 0.15) is 12.8 Å². The van der Waals surface area contributed by atoms with Gasteiger partial charge in [0.2, 0.25) is 5.91 Å². The van der Waals surface area contributed by atoms with E-state index in [-0.39, 0.29) is 24.9 Å². The molecule has 0 radical (unpaired) electrons. The van der Waals surface area contributed by atoms with Gasteiger partial charge in [0.1, 0.15) is 5.25 Å². The van der Waals surface area contributed by atoms with E-state index in [1.165, 1.54) is 0 Å². The predicted octanol–water partition coefficient (Wildman–Crippen LogP) is -1.84. The van der Waals surface area contributed by atoms with E-state index in [9.17, 15) is 13.2 Å². The number of nitrogens with two attached hydrogens (primary N) is 1. The van der Waals surface area contributed by atoms with Crippen LogP contribution in [0.2, 0.25) is 0 Å². The number of carbonyl (C=O) groups excluding carboxylic acids is 1. The van der Waals surface area contributed by atoms with Gasteiger partial charge in [-0.05, 0) is 12.8 Å². The summed E-state index contributed by atoms with van der Waals surface area (Å²) in [5.41, 5.74) is 5.71. The second kappa shape index (κ2) is 4.52. The summed E-state index contributed by atoms with van der Waals surface area (Å²) >= 11 is 0. The highest BCUT2D eigenvalue weighted by molar-refractivity contribution is 7.86. The van der Waals surface area contributed by atoms with Crippen molar-refractivity contribution in [3.05, 3.63) is 0 Å². The third-order valence-corrected chi connectivity index (χ3v) is 4.55. The quantitative estimate of drug-likeness (QED) is 0.505. The van der Waals surface area contributed by atoms with Crippen molar-refractivity contribution in [1.29, 1.82) is 0 Å². The molecule has 2 saturated heterocycles. The first-order valence-electron chi connectivity index (χ1n) is 5.62. The van der Waals surface area contributed by atoms with E-state index in [2.05, 4.69) is 5.32 Å². The molecular weight excluding hydrogens is 246 g/mol. The molecule has 0 aliphatic carbocycles. The highest BCUT2D eigenvalue weighted by Crippen LogP contribution is 2.18. The average molecular weight is 263 g/mol. The van der Waals surface area contributed by atoms with Gasteiger partial charge in [0, 0.05) is 25.7 Å². The van der Waals surface area contributed by atoms with Crippen LogP contribution >= 0.6 is 0 Å². The highest BCUT2D eigenvalue weighted by atomic mass is 32.2. The van der Waals surface area contributed by atoms with E-state index < -0.39 is 21.4 Å². The molecule has 1 unspecified atom stereocenters. The third kappa shape index (κ3) is 2.76. The van der Waals surface area contributed by atoms with Crippen LogP contribution in [0, 0.1) is 0 Å². The van der Waals surface area contributed by atoms with E-state index in [1.807, 2.05) is 0 Å². The molecule has 3 atom stereocenters. The molecule has 0 aromatic heterocycles. The van der Waals surface area contributed by atoms with Gasteiger partial charge in [-0.25, -0.2) is 0 Å². The molecule has 0 aromatic rings. The van der Waals surface area contributed by atoms with Crippen LogP contribution in [0.3, 0.4) is 0 Å². The molecule has 0 bridgehead atoms. The zero-order chi connectivity index (χ0) is 12.6. The molecule has 2 fully saturated rings. The third-order valence-electron chi connectivity index (χ3n) is 3.35. The van der Waals surface area contributed by atoms with E-state index >= 15 is 0 Å². The lowest BCUT2D eigenvalue weighted by Gasteiger charge is -2.20. The summed E-state index contributed by atoms with van der Waals surface area (Å²) in [6.07, 6.45) is 0.906. The van der Waals surface area contributed by atoms with Gasteiger partial charge in [0.25, 0.3) is 10.1 Å². The second-order valence-electron chi connectivity index (χ2n) is 4.67. The molecular formula is C9H17N3O4S. The van der Waals surface area contributed by atoms with Crippen molar-refractivity contribution in [2.45, 2.75) is 30.2 Å². The van der Waals surface area contributed by atoms with Crippen LogP contribution < -0.4 is 11.1 Å². The van der Waals surface area contributed by atoms with Gasteiger partial charge in [0.15, 0.2) is 0 Å². The van der Waals surface area contributed by atoms with Crippen molar-refractivity contribution < 1.29 is 17.8 Å². The SMILES string of the molecule is NC1CCN(C(=O)[C@@H]2C[C@H](S(=O)(=O)O)CN2)C1. The maximum atomic E-state index is 12.0. The Labute approximate surface area is 100 Å². The number of nitrogens with zero attached hydrogens (tertiary/aromatic N) is 1. The summed E-state index contributed by atoms with van der Waals surface area (Å²) < 4.78 is 30.8. The Hall–Kier alpha value is -0.700. The first kappa shape index (κ1) is 12.7. The van der Waals surface area contributed by atoms with Crippen molar-refractivity contribution in [2.24, 2.45) is 5.73 Å². The maximum Gasteiger partial charge on any atom is 0.269 e. The summed E-state index contributed by atoms with van der Waals surface area (Å²) in [5.74, 6) is -0.121. The van der Waals surface area contributed by atoms with Crippen LogP contribution in [-0.4, -0.2) is 60.7 Å². The minimum atomic E-state index is -4.06. The van der Waals surface area contributed by atoms with Gasteiger partial charge >= 0.3 is 0 Å². The van der Waals surface area contributed by atoms with E-state index in [0.29, 0.717) is 13.1 Å². The lowest BCUT2D eigenvalue weighted by atomic mass is 10.2. The Morgan fingerprint density at radius 3 is 2.65 bits per heavy atom. The Morgan fingerprint density at radius 2 is 2.18 bits per heavy atom. The summed E-state index contributed by atoms with van der Waals surface area (Å²) in [7, 11) is -4.06. The van der Waals surface area contributed by atoms with E-state index in [4.69, 9.17) is 10.3 Å². The van der Waals surface area contributed by atoms with Gasteiger partial charge in [-0.2, -0.15) is 8.42 Å². The van der Waals surface area contributed by atoms with Gasteiger partial charge < -0.3 is 16.0 Å². The first-order valence-corrected chi connectivity index (χ1v) is 7.12. The molecule has 1 amide bonds. The molecule has 7 nitrogen and oxygen atoms in total. The largest absolute Gasteiger partial charge is 0.340 e. The molecule has 4 N–H and O–H groups in total. The zero-order valence-electron chi connectivity index (χ0n) is 9.37. The summed E-state index contributed by atoms with van der Waals surface area (Å²) in [6.45, 7) is 1.26. The van der Waals surface area contributed by atoms with Crippen LogP contribution in [0.15, 0.2) is 0 Å². The number of amides is 1. The topological polar surface area (TPSA) is 113 Å². The molecule has 2 rings (SSSR count). The summed E-state index contributed by atoms with van der Waals surface area (Å²) in [5, 5.41) is 1.95. The van der Waals surface area contributed by atoms with Crippen molar-refractivity contribution in [1.82, 2.24) is 10.2 Å². The molecule has 8 heteroatoms. The minimum absolute atomic E-state index is 0.0118. The number of nitrogens with one attached hydrogen (secondary N) is 1. The minimum Gasteiger partial charge on any atom is -0.340 e. The number of hydrogen-bond acceptors (Lipinski definition) is 5. The maximum absolute atomic E-state index is 12.0. The lowest BCUT2D eigenvalue weighted by Crippen LogP contribution is -2.43. The smallest absolute Gasteiger partial charge is 0.269 e. The van der Waals surface area contributed by atoms with Gasteiger partial charge in [0.05, 0.1) is 6.04 Å². The molecule has 2 aliphatic heterocycles. The van der Waals surface area contributed by atoms with Gasteiger partial charge in [-0.1, -0.05) is 0 Å². The van der Waals surface area contributed by atoms with Crippen LogP contribution in [0.4, 0.5) is 0 Å². The van der Waals surface area contributed by atoms with Gasteiger partial charge in [-0.3, -0.25) is 9.35 Å². The Balaban J connectivity index is 1.95. The molecule has 98 valence electrons. The fraction of sp³-hybridized carbons (Fsp3) is 0.889. The lowest BCUT2D eigenvalue weighted by molar-refractivity contribution is -0.132. The Morgan fingerprint density at radius 1 is 1.47 bits per heavy atom. The first-order chi connectivity index (χ1) is 7.88. The number of hydrogen-bond donors (Lipinski definition) is 3. The van der Waals surface area contributed by atoms with Crippen molar-refractivity contribution in [3.63, 3.8) is 0 Å². The highest BCUT2D eigenvalue weighted by Gasteiger charge is 2.39. The Kier molecular flexibility index (Phi) is 3.39. The van der Waals surface area contributed by atoms with Crippen molar-refractivity contribution in [2.75, 3.05) is 19.6 Å². The molecule has 17 heavy (non-hydrogen) atoms. The second-order valence-corrected chi connectivity index (χ2v) is 6.36. The predicted molar refractivity (Wildman–Crippen MR) is 60.9 cm³/mol. The van der Waals surface area contributed by atoms with E-state index in [1.54, 1.807) is 4.90 Å². The number of rotatable bonds is 2.